The van der Waals surface area contributed by atoms with Gasteiger partial charge >= 0.3 is 0 Å². The van der Waals surface area contributed by atoms with Crippen LogP contribution in [0.5, 0.6) is 5.75 Å². The van der Waals surface area contributed by atoms with E-state index < -0.39 is 0 Å². The summed E-state index contributed by atoms with van der Waals surface area (Å²) < 4.78 is 5.63. The molecule has 3 N–H and O–H groups in total. The third-order valence-corrected chi connectivity index (χ3v) is 3.44. The molecule has 0 aliphatic heterocycles. The van der Waals surface area contributed by atoms with Crippen LogP contribution in [-0.4, -0.2) is 24.7 Å². The molecule has 1 aromatic rings. The van der Waals surface area contributed by atoms with Crippen molar-refractivity contribution in [3.8, 4) is 5.75 Å². The number of hydrogen-bond acceptors (Lipinski definition) is 4. The van der Waals surface area contributed by atoms with Gasteiger partial charge in [-0.2, -0.15) is 11.8 Å². The normalized spacial score (nSPS) is 12.2. The molecule has 0 aliphatic rings. The number of rotatable bonds is 8. The standard InChI is InChI=1S/C14H24N2OS/c1-4-8-17-14-9-12(6-7-13(14)15)16-11(5-2)10-18-3/h6-7,9,11,16H,4-5,8,10,15H2,1-3H3. The summed E-state index contributed by atoms with van der Waals surface area (Å²) in [5, 5.41) is 3.52. The van der Waals surface area contributed by atoms with Gasteiger partial charge in [0.15, 0.2) is 0 Å². The molecule has 0 radical (unpaired) electrons. The molecule has 0 heterocycles. The SMILES string of the molecule is CCCOc1cc(NC(CC)CSC)ccc1N. The number of ether oxygens (including phenoxy) is 1. The Balaban J connectivity index is 2.70. The summed E-state index contributed by atoms with van der Waals surface area (Å²) in [4.78, 5) is 0. The fourth-order valence-electron chi connectivity index (χ4n) is 1.66. The second-order valence-electron chi connectivity index (χ2n) is 4.31. The number of nitrogen functional groups attached to an aromatic ring is 1. The fourth-order valence-corrected chi connectivity index (χ4v) is 2.38. The van der Waals surface area contributed by atoms with Gasteiger partial charge in [-0.05, 0) is 31.2 Å². The van der Waals surface area contributed by atoms with E-state index >= 15 is 0 Å². The molecule has 18 heavy (non-hydrogen) atoms. The number of hydrogen-bond donors (Lipinski definition) is 2. The summed E-state index contributed by atoms with van der Waals surface area (Å²) in [6.07, 6.45) is 4.22. The number of nitrogens with one attached hydrogen (secondary N) is 1. The molecule has 1 aromatic carbocycles. The highest BCUT2D eigenvalue weighted by Gasteiger charge is 2.07. The highest BCUT2D eigenvalue weighted by molar-refractivity contribution is 7.98. The lowest BCUT2D eigenvalue weighted by Gasteiger charge is -2.18. The van der Waals surface area contributed by atoms with Crippen LogP contribution in [-0.2, 0) is 0 Å². The lowest BCUT2D eigenvalue weighted by molar-refractivity contribution is 0.319. The lowest BCUT2D eigenvalue weighted by atomic mass is 10.2. The minimum atomic E-state index is 0.489. The molecule has 3 nitrogen and oxygen atoms in total. The Labute approximate surface area is 114 Å². The van der Waals surface area contributed by atoms with Crippen molar-refractivity contribution in [3.63, 3.8) is 0 Å². The predicted molar refractivity (Wildman–Crippen MR) is 82.7 cm³/mol. The molecule has 4 heteroatoms. The summed E-state index contributed by atoms with van der Waals surface area (Å²) in [7, 11) is 0. The highest BCUT2D eigenvalue weighted by Crippen LogP contribution is 2.26. The molecule has 0 amide bonds. The molecule has 0 spiro atoms. The second kappa shape index (κ2) is 8.14. The van der Waals surface area contributed by atoms with E-state index in [0.29, 0.717) is 18.3 Å². The maximum atomic E-state index is 5.90. The van der Waals surface area contributed by atoms with Crippen LogP contribution in [0.15, 0.2) is 18.2 Å². The van der Waals surface area contributed by atoms with E-state index in [0.717, 1.165) is 30.0 Å². The predicted octanol–water partition coefficient (Wildman–Crippen LogP) is 3.61. The van der Waals surface area contributed by atoms with Crippen LogP contribution in [0.25, 0.3) is 0 Å². The van der Waals surface area contributed by atoms with E-state index in [1.54, 1.807) is 0 Å². The van der Waals surface area contributed by atoms with Crippen molar-refractivity contribution >= 4 is 23.1 Å². The van der Waals surface area contributed by atoms with Gasteiger partial charge in [0, 0.05) is 23.5 Å². The highest BCUT2D eigenvalue weighted by atomic mass is 32.2. The van der Waals surface area contributed by atoms with Gasteiger partial charge in [0.25, 0.3) is 0 Å². The molecule has 0 aromatic heterocycles. The van der Waals surface area contributed by atoms with Crippen molar-refractivity contribution in [2.24, 2.45) is 0 Å². The zero-order valence-electron chi connectivity index (χ0n) is 11.5. The Morgan fingerprint density at radius 3 is 2.78 bits per heavy atom. The topological polar surface area (TPSA) is 47.3 Å². The molecule has 0 saturated heterocycles. The minimum absolute atomic E-state index is 0.489. The van der Waals surface area contributed by atoms with Gasteiger partial charge in [0.2, 0.25) is 0 Å². The Bertz CT molecular complexity index is 358. The van der Waals surface area contributed by atoms with Gasteiger partial charge in [-0.3, -0.25) is 0 Å². The number of thioether (sulfide) groups is 1. The average Bonchev–Trinajstić information content (AvgIpc) is 2.38. The molecule has 1 atom stereocenters. The van der Waals surface area contributed by atoms with Crippen LogP contribution in [0.3, 0.4) is 0 Å². The lowest BCUT2D eigenvalue weighted by Crippen LogP contribution is -2.21. The van der Waals surface area contributed by atoms with Gasteiger partial charge in [-0.1, -0.05) is 13.8 Å². The second-order valence-corrected chi connectivity index (χ2v) is 5.22. The van der Waals surface area contributed by atoms with E-state index in [1.165, 1.54) is 0 Å². The van der Waals surface area contributed by atoms with Crippen LogP contribution in [0.2, 0.25) is 0 Å². The Morgan fingerprint density at radius 1 is 1.39 bits per heavy atom. The third-order valence-electron chi connectivity index (χ3n) is 2.71. The van der Waals surface area contributed by atoms with Gasteiger partial charge in [0.05, 0.1) is 12.3 Å². The van der Waals surface area contributed by atoms with E-state index in [4.69, 9.17) is 10.5 Å². The average molecular weight is 268 g/mol. The quantitative estimate of drug-likeness (QED) is 0.707. The van der Waals surface area contributed by atoms with Crippen molar-refractivity contribution in [2.75, 3.05) is 29.7 Å². The molecular formula is C14H24N2OS. The Hall–Kier alpha value is -1.03. The minimum Gasteiger partial charge on any atom is -0.491 e. The Kier molecular flexibility index (Phi) is 6.80. The first-order valence-corrected chi connectivity index (χ1v) is 7.88. The molecular weight excluding hydrogens is 244 g/mol. The first-order valence-electron chi connectivity index (χ1n) is 6.49. The van der Waals surface area contributed by atoms with Crippen LogP contribution < -0.4 is 15.8 Å². The zero-order valence-corrected chi connectivity index (χ0v) is 12.3. The maximum absolute atomic E-state index is 5.90. The molecule has 0 bridgehead atoms. The van der Waals surface area contributed by atoms with E-state index in [2.05, 4.69) is 25.4 Å². The van der Waals surface area contributed by atoms with E-state index in [1.807, 2.05) is 30.0 Å². The molecule has 0 aliphatic carbocycles. The summed E-state index contributed by atoms with van der Waals surface area (Å²) >= 11 is 1.86. The Morgan fingerprint density at radius 2 is 2.17 bits per heavy atom. The zero-order chi connectivity index (χ0) is 13.4. The first kappa shape index (κ1) is 15.0. The maximum Gasteiger partial charge on any atom is 0.144 e. The summed E-state index contributed by atoms with van der Waals surface area (Å²) in [5.74, 6) is 1.88. The summed E-state index contributed by atoms with van der Waals surface area (Å²) in [6.45, 7) is 4.99. The van der Waals surface area contributed by atoms with Crippen molar-refractivity contribution < 1.29 is 4.74 Å². The fraction of sp³-hybridized carbons (Fsp3) is 0.571. The van der Waals surface area contributed by atoms with Gasteiger partial charge in [-0.25, -0.2) is 0 Å². The van der Waals surface area contributed by atoms with Crippen LogP contribution >= 0.6 is 11.8 Å². The van der Waals surface area contributed by atoms with Gasteiger partial charge in [0.1, 0.15) is 5.75 Å². The van der Waals surface area contributed by atoms with Crippen molar-refractivity contribution in [3.05, 3.63) is 18.2 Å². The summed E-state index contributed by atoms with van der Waals surface area (Å²) in [5.41, 5.74) is 7.68. The molecule has 1 rings (SSSR count). The van der Waals surface area contributed by atoms with E-state index in [9.17, 15) is 0 Å². The molecule has 1 unspecified atom stereocenters. The van der Waals surface area contributed by atoms with Crippen LogP contribution in [0, 0.1) is 0 Å². The van der Waals surface area contributed by atoms with E-state index in [-0.39, 0.29) is 0 Å². The van der Waals surface area contributed by atoms with Crippen LogP contribution in [0.1, 0.15) is 26.7 Å². The smallest absolute Gasteiger partial charge is 0.144 e. The summed E-state index contributed by atoms with van der Waals surface area (Å²) in [6, 6.07) is 6.40. The third kappa shape index (κ3) is 4.69. The van der Waals surface area contributed by atoms with Gasteiger partial charge < -0.3 is 15.8 Å². The van der Waals surface area contributed by atoms with Crippen molar-refractivity contribution in [1.82, 2.24) is 0 Å². The molecule has 0 fully saturated rings. The van der Waals surface area contributed by atoms with Crippen LogP contribution in [0.4, 0.5) is 11.4 Å². The number of anilines is 2. The molecule has 102 valence electrons. The molecule has 0 saturated carbocycles. The largest absolute Gasteiger partial charge is 0.491 e. The van der Waals surface area contributed by atoms with Crippen molar-refractivity contribution in [1.29, 1.82) is 0 Å². The number of nitrogens with two attached hydrogens (primary N) is 1. The number of benzene rings is 1. The van der Waals surface area contributed by atoms with Gasteiger partial charge in [-0.15, -0.1) is 0 Å². The first-order chi connectivity index (χ1) is 8.71. The monoisotopic (exact) mass is 268 g/mol. The van der Waals surface area contributed by atoms with Crippen molar-refractivity contribution in [2.45, 2.75) is 32.7 Å².